The Labute approximate surface area is 100.0 Å². The van der Waals surface area contributed by atoms with Crippen molar-refractivity contribution in [1.82, 2.24) is 0 Å². The van der Waals surface area contributed by atoms with Crippen LogP contribution in [-0.4, -0.2) is 12.3 Å². The zero-order chi connectivity index (χ0) is 11.7. The average molecular weight is 287 g/mol. The SMILES string of the molecule is CC1=CC(Oc2ccc(Br)cc2F)OC1=O. The topological polar surface area (TPSA) is 35.5 Å². The second kappa shape index (κ2) is 4.25. The number of benzene rings is 1. The van der Waals surface area contributed by atoms with Gasteiger partial charge in [0.05, 0.1) is 0 Å². The minimum Gasteiger partial charge on any atom is -0.448 e. The van der Waals surface area contributed by atoms with Crippen LogP contribution in [-0.2, 0) is 9.53 Å². The number of ether oxygens (including phenoxy) is 2. The van der Waals surface area contributed by atoms with Crippen molar-refractivity contribution in [2.24, 2.45) is 0 Å². The highest BCUT2D eigenvalue weighted by Crippen LogP contribution is 2.24. The maximum Gasteiger partial charge on any atom is 0.336 e. The third kappa shape index (κ3) is 2.24. The van der Waals surface area contributed by atoms with Gasteiger partial charge in [0.2, 0.25) is 0 Å². The molecule has 0 saturated heterocycles. The number of halogens is 2. The summed E-state index contributed by atoms with van der Waals surface area (Å²) in [6.45, 7) is 1.61. The van der Waals surface area contributed by atoms with Crippen LogP contribution >= 0.6 is 15.9 Å². The lowest BCUT2D eigenvalue weighted by Gasteiger charge is -2.11. The molecule has 0 fully saturated rings. The van der Waals surface area contributed by atoms with Crippen LogP contribution in [0.2, 0.25) is 0 Å². The Morgan fingerprint density at radius 3 is 2.81 bits per heavy atom. The monoisotopic (exact) mass is 286 g/mol. The summed E-state index contributed by atoms with van der Waals surface area (Å²) >= 11 is 3.14. The van der Waals surface area contributed by atoms with Crippen molar-refractivity contribution < 1.29 is 18.7 Å². The maximum absolute atomic E-state index is 13.4. The van der Waals surface area contributed by atoms with Crippen LogP contribution in [0.25, 0.3) is 0 Å². The molecule has 84 valence electrons. The van der Waals surface area contributed by atoms with Gasteiger partial charge in [-0.2, -0.15) is 0 Å². The van der Waals surface area contributed by atoms with Crippen LogP contribution < -0.4 is 4.74 Å². The number of carbonyl (C=O) groups excluding carboxylic acids is 1. The van der Waals surface area contributed by atoms with Crippen LogP contribution in [0.15, 0.2) is 34.3 Å². The van der Waals surface area contributed by atoms with E-state index in [1.807, 2.05) is 0 Å². The van der Waals surface area contributed by atoms with Crippen molar-refractivity contribution in [3.63, 3.8) is 0 Å². The fourth-order valence-corrected chi connectivity index (χ4v) is 1.59. The molecule has 1 aromatic carbocycles. The van der Waals surface area contributed by atoms with Crippen molar-refractivity contribution in [2.75, 3.05) is 0 Å². The van der Waals surface area contributed by atoms with Crippen LogP contribution in [0.4, 0.5) is 4.39 Å². The van der Waals surface area contributed by atoms with Crippen molar-refractivity contribution in [2.45, 2.75) is 13.2 Å². The largest absolute Gasteiger partial charge is 0.448 e. The zero-order valence-electron chi connectivity index (χ0n) is 8.37. The van der Waals surface area contributed by atoms with Crippen molar-refractivity contribution in [1.29, 1.82) is 0 Å². The molecule has 1 unspecified atom stereocenters. The van der Waals surface area contributed by atoms with Gasteiger partial charge in [-0.05, 0) is 25.1 Å². The molecule has 0 amide bonds. The molecule has 1 aliphatic rings. The number of cyclic esters (lactones) is 1. The first kappa shape index (κ1) is 11.1. The van der Waals surface area contributed by atoms with Crippen LogP contribution in [0.1, 0.15) is 6.92 Å². The fraction of sp³-hybridized carbons (Fsp3) is 0.182. The summed E-state index contributed by atoms with van der Waals surface area (Å²) in [5, 5.41) is 0. The summed E-state index contributed by atoms with van der Waals surface area (Å²) in [5.74, 6) is -0.905. The highest BCUT2D eigenvalue weighted by Gasteiger charge is 2.24. The quantitative estimate of drug-likeness (QED) is 0.785. The Bertz CT molecular complexity index is 470. The third-order valence-electron chi connectivity index (χ3n) is 2.07. The van der Waals surface area contributed by atoms with E-state index in [1.165, 1.54) is 18.2 Å². The smallest absolute Gasteiger partial charge is 0.336 e. The number of esters is 1. The molecule has 16 heavy (non-hydrogen) atoms. The van der Waals surface area contributed by atoms with E-state index < -0.39 is 18.1 Å². The Balaban J connectivity index is 2.14. The lowest BCUT2D eigenvalue weighted by Crippen LogP contribution is -2.16. The molecule has 0 aliphatic carbocycles. The molecule has 0 saturated carbocycles. The zero-order valence-corrected chi connectivity index (χ0v) is 9.95. The van der Waals surface area contributed by atoms with Gasteiger partial charge in [0.25, 0.3) is 6.29 Å². The molecule has 0 radical (unpaired) electrons. The number of hydrogen-bond acceptors (Lipinski definition) is 3. The molecular formula is C11H8BrFO3. The van der Waals surface area contributed by atoms with Crippen LogP contribution in [0.3, 0.4) is 0 Å². The molecule has 0 aromatic heterocycles. The van der Waals surface area contributed by atoms with Crippen molar-refractivity contribution in [3.05, 3.63) is 40.1 Å². The molecule has 2 rings (SSSR count). The highest BCUT2D eigenvalue weighted by atomic mass is 79.9. The Morgan fingerprint density at radius 1 is 1.50 bits per heavy atom. The predicted molar refractivity (Wildman–Crippen MR) is 58.4 cm³/mol. The summed E-state index contributed by atoms with van der Waals surface area (Å²) in [5.41, 5.74) is 0.461. The third-order valence-corrected chi connectivity index (χ3v) is 2.56. The minimum absolute atomic E-state index is 0.0481. The Morgan fingerprint density at radius 2 is 2.25 bits per heavy atom. The second-order valence-electron chi connectivity index (χ2n) is 3.32. The summed E-state index contributed by atoms with van der Waals surface area (Å²) in [6.07, 6.45) is 0.660. The molecule has 5 heteroatoms. The minimum atomic E-state index is -0.844. The standard InChI is InChI=1S/C11H8BrFO3/c1-6-4-10(16-11(6)14)15-9-3-2-7(12)5-8(9)13/h2-5,10H,1H3. The first-order valence-electron chi connectivity index (χ1n) is 4.57. The van der Waals surface area contributed by atoms with E-state index >= 15 is 0 Å². The van der Waals surface area contributed by atoms with E-state index in [0.717, 1.165) is 0 Å². The normalized spacial score (nSPS) is 19.3. The van der Waals surface area contributed by atoms with Crippen LogP contribution in [0, 0.1) is 5.82 Å². The maximum atomic E-state index is 13.4. The Hall–Kier alpha value is -1.36. The van der Waals surface area contributed by atoms with Crippen LogP contribution in [0.5, 0.6) is 5.75 Å². The lowest BCUT2D eigenvalue weighted by molar-refractivity contribution is -0.148. The average Bonchev–Trinajstić information content (AvgIpc) is 2.51. The molecule has 1 aromatic rings. The first-order chi connectivity index (χ1) is 7.56. The molecule has 1 heterocycles. The van der Waals surface area contributed by atoms with Gasteiger partial charge in [-0.25, -0.2) is 9.18 Å². The van der Waals surface area contributed by atoms with Gasteiger partial charge in [0.15, 0.2) is 11.6 Å². The van der Waals surface area contributed by atoms with E-state index in [4.69, 9.17) is 9.47 Å². The van der Waals surface area contributed by atoms with E-state index in [-0.39, 0.29) is 5.75 Å². The van der Waals surface area contributed by atoms with Gasteiger partial charge in [-0.3, -0.25) is 0 Å². The summed E-state index contributed by atoms with van der Waals surface area (Å²) in [4.78, 5) is 11.0. The highest BCUT2D eigenvalue weighted by molar-refractivity contribution is 9.10. The van der Waals surface area contributed by atoms with E-state index in [0.29, 0.717) is 10.0 Å². The number of hydrogen-bond donors (Lipinski definition) is 0. The molecule has 3 nitrogen and oxygen atoms in total. The van der Waals surface area contributed by atoms with Gasteiger partial charge < -0.3 is 9.47 Å². The first-order valence-corrected chi connectivity index (χ1v) is 5.36. The molecule has 1 atom stereocenters. The molecule has 0 spiro atoms. The van der Waals surface area contributed by atoms with Gasteiger partial charge in [-0.1, -0.05) is 15.9 Å². The molecule has 0 N–H and O–H groups in total. The lowest BCUT2D eigenvalue weighted by atomic mass is 10.3. The summed E-state index contributed by atoms with van der Waals surface area (Å²) < 4.78 is 24.0. The molecule has 0 bridgehead atoms. The van der Waals surface area contributed by atoms with Crippen molar-refractivity contribution in [3.8, 4) is 5.75 Å². The summed E-state index contributed by atoms with van der Waals surface area (Å²) in [7, 11) is 0. The summed E-state index contributed by atoms with van der Waals surface area (Å²) in [6, 6.07) is 4.39. The van der Waals surface area contributed by atoms with Gasteiger partial charge in [0.1, 0.15) is 0 Å². The predicted octanol–water partition coefficient (Wildman–Crippen LogP) is 2.80. The van der Waals surface area contributed by atoms with E-state index in [1.54, 1.807) is 13.0 Å². The fourth-order valence-electron chi connectivity index (χ4n) is 1.26. The second-order valence-corrected chi connectivity index (χ2v) is 4.23. The van der Waals surface area contributed by atoms with Gasteiger partial charge in [-0.15, -0.1) is 0 Å². The molecular weight excluding hydrogens is 279 g/mol. The van der Waals surface area contributed by atoms with Gasteiger partial charge >= 0.3 is 5.97 Å². The Kier molecular flexibility index (Phi) is 2.96. The number of carbonyl (C=O) groups is 1. The van der Waals surface area contributed by atoms with E-state index in [2.05, 4.69) is 15.9 Å². The van der Waals surface area contributed by atoms with E-state index in [9.17, 15) is 9.18 Å². The van der Waals surface area contributed by atoms with Gasteiger partial charge in [0, 0.05) is 16.1 Å². The molecule has 1 aliphatic heterocycles. The van der Waals surface area contributed by atoms with Crippen molar-refractivity contribution >= 4 is 21.9 Å². The number of rotatable bonds is 2.